The highest BCUT2D eigenvalue weighted by molar-refractivity contribution is 5.38. The van der Waals surface area contributed by atoms with Crippen LogP contribution >= 0.6 is 0 Å². The van der Waals surface area contributed by atoms with E-state index in [9.17, 15) is 0 Å². The Labute approximate surface area is 77.9 Å². The van der Waals surface area contributed by atoms with Crippen molar-refractivity contribution in [2.24, 2.45) is 5.92 Å². The molecule has 0 spiro atoms. The average Bonchev–Trinajstić information content (AvgIpc) is 2.65. The van der Waals surface area contributed by atoms with Gasteiger partial charge < -0.3 is 10.1 Å². The molecule has 13 heavy (non-hydrogen) atoms. The third kappa shape index (κ3) is 1.05. The zero-order valence-electron chi connectivity index (χ0n) is 7.49. The van der Waals surface area contributed by atoms with Crippen molar-refractivity contribution in [3.05, 3.63) is 29.8 Å². The SMILES string of the molecule is c1ccc2c(c1)OC[C@@H]1CCN[C@H]21. The topological polar surface area (TPSA) is 21.3 Å². The minimum absolute atomic E-state index is 0.546. The average molecular weight is 175 g/mol. The molecule has 2 heterocycles. The third-order valence-corrected chi connectivity index (χ3v) is 3.06. The van der Waals surface area contributed by atoms with Gasteiger partial charge in [0.15, 0.2) is 0 Å². The molecule has 1 aromatic rings. The van der Waals surface area contributed by atoms with Gasteiger partial charge in [-0.2, -0.15) is 0 Å². The number of ether oxygens (including phenoxy) is 1. The molecule has 0 bridgehead atoms. The van der Waals surface area contributed by atoms with Gasteiger partial charge in [0, 0.05) is 17.5 Å². The summed E-state index contributed by atoms with van der Waals surface area (Å²) in [6.45, 7) is 2.02. The Balaban J connectivity index is 2.06. The van der Waals surface area contributed by atoms with Crippen molar-refractivity contribution in [2.45, 2.75) is 12.5 Å². The van der Waals surface area contributed by atoms with Gasteiger partial charge in [0.2, 0.25) is 0 Å². The molecular formula is C11H13NO. The maximum atomic E-state index is 5.70. The Kier molecular flexibility index (Phi) is 1.56. The Morgan fingerprint density at radius 1 is 1.31 bits per heavy atom. The number of para-hydroxylation sites is 1. The molecule has 0 aliphatic carbocycles. The van der Waals surface area contributed by atoms with E-state index in [2.05, 4.69) is 23.5 Å². The molecule has 2 aliphatic heterocycles. The molecule has 2 aliphatic rings. The van der Waals surface area contributed by atoms with Gasteiger partial charge >= 0.3 is 0 Å². The summed E-state index contributed by atoms with van der Waals surface area (Å²) in [6.07, 6.45) is 1.25. The molecule has 2 nitrogen and oxygen atoms in total. The Hall–Kier alpha value is -1.02. The van der Waals surface area contributed by atoms with Crippen molar-refractivity contribution in [2.75, 3.05) is 13.2 Å². The van der Waals surface area contributed by atoms with E-state index in [0.29, 0.717) is 12.0 Å². The standard InChI is InChI=1S/C11H13NO/c1-2-4-10-9(3-1)11-8(7-13-10)5-6-12-11/h1-4,8,11-12H,5-7H2/t8-,11-/m0/s1. The third-order valence-electron chi connectivity index (χ3n) is 3.06. The lowest BCUT2D eigenvalue weighted by Crippen LogP contribution is -2.27. The zero-order chi connectivity index (χ0) is 8.67. The molecule has 1 aromatic carbocycles. The largest absolute Gasteiger partial charge is 0.493 e. The molecule has 3 rings (SSSR count). The predicted octanol–water partition coefficient (Wildman–Crippen LogP) is 1.73. The van der Waals surface area contributed by atoms with Crippen LogP contribution in [0.4, 0.5) is 0 Å². The summed E-state index contributed by atoms with van der Waals surface area (Å²) < 4.78 is 5.70. The van der Waals surface area contributed by atoms with Crippen LogP contribution in [0, 0.1) is 5.92 Å². The number of rotatable bonds is 0. The van der Waals surface area contributed by atoms with Crippen molar-refractivity contribution in [3.8, 4) is 5.75 Å². The predicted molar refractivity (Wildman–Crippen MR) is 50.8 cm³/mol. The fraction of sp³-hybridized carbons (Fsp3) is 0.455. The molecule has 0 unspecified atom stereocenters. The van der Waals surface area contributed by atoms with E-state index < -0.39 is 0 Å². The fourth-order valence-corrected chi connectivity index (χ4v) is 2.37. The second kappa shape index (κ2) is 2.74. The van der Waals surface area contributed by atoms with Crippen LogP contribution in [0.2, 0.25) is 0 Å². The van der Waals surface area contributed by atoms with E-state index in [1.807, 2.05) is 6.07 Å². The Bertz CT molecular complexity index is 324. The summed E-state index contributed by atoms with van der Waals surface area (Å²) in [4.78, 5) is 0. The van der Waals surface area contributed by atoms with E-state index in [0.717, 1.165) is 18.9 Å². The maximum Gasteiger partial charge on any atom is 0.124 e. The molecule has 0 radical (unpaired) electrons. The maximum absolute atomic E-state index is 5.70. The highest BCUT2D eigenvalue weighted by Gasteiger charge is 2.33. The second-order valence-electron chi connectivity index (χ2n) is 3.83. The van der Waals surface area contributed by atoms with Gasteiger partial charge in [0.25, 0.3) is 0 Å². The van der Waals surface area contributed by atoms with Crippen LogP contribution in [-0.4, -0.2) is 13.2 Å². The smallest absolute Gasteiger partial charge is 0.124 e. The normalized spacial score (nSPS) is 30.5. The Morgan fingerprint density at radius 3 is 3.23 bits per heavy atom. The van der Waals surface area contributed by atoms with E-state index in [1.54, 1.807) is 0 Å². The van der Waals surface area contributed by atoms with Gasteiger partial charge in [0.1, 0.15) is 5.75 Å². The molecule has 1 fully saturated rings. The van der Waals surface area contributed by atoms with Gasteiger partial charge in [-0.05, 0) is 19.0 Å². The molecule has 1 N–H and O–H groups in total. The van der Waals surface area contributed by atoms with Crippen LogP contribution in [0.25, 0.3) is 0 Å². The highest BCUT2D eigenvalue weighted by atomic mass is 16.5. The molecule has 68 valence electrons. The van der Waals surface area contributed by atoms with E-state index in [4.69, 9.17) is 4.74 Å². The first-order valence-electron chi connectivity index (χ1n) is 4.90. The quantitative estimate of drug-likeness (QED) is 0.648. The van der Waals surface area contributed by atoms with Crippen LogP contribution < -0.4 is 10.1 Å². The van der Waals surface area contributed by atoms with Gasteiger partial charge in [-0.15, -0.1) is 0 Å². The fourth-order valence-electron chi connectivity index (χ4n) is 2.37. The van der Waals surface area contributed by atoms with Crippen LogP contribution in [0.3, 0.4) is 0 Å². The van der Waals surface area contributed by atoms with Crippen molar-refractivity contribution in [1.29, 1.82) is 0 Å². The van der Waals surface area contributed by atoms with Crippen molar-refractivity contribution in [3.63, 3.8) is 0 Å². The first-order valence-corrected chi connectivity index (χ1v) is 4.90. The number of hydrogen-bond donors (Lipinski definition) is 1. The van der Waals surface area contributed by atoms with E-state index in [-0.39, 0.29) is 0 Å². The zero-order valence-corrected chi connectivity index (χ0v) is 7.49. The lowest BCUT2D eigenvalue weighted by Gasteiger charge is -2.28. The van der Waals surface area contributed by atoms with Gasteiger partial charge in [-0.3, -0.25) is 0 Å². The summed E-state index contributed by atoms with van der Waals surface area (Å²) in [7, 11) is 0. The second-order valence-corrected chi connectivity index (χ2v) is 3.83. The summed E-state index contributed by atoms with van der Waals surface area (Å²) in [5, 5.41) is 3.53. The highest BCUT2D eigenvalue weighted by Crippen LogP contribution is 2.38. The van der Waals surface area contributed by atoms with Crippen LogP contribution in [0.15, 0.2) is 24.3 Å². The van der Waals surface area contributed by atoms with Crippen LogP contribution in [-0.2, 0) is 0 Å². The van der Waals surface area contributed by atoms with Gasteiger partial charge in [-0.25, -0.2) is 0 Å². The molecule has 0 amide bonds. The molecule has 0 aromatic heterocycles. The summed E-state index contributed by atoms with van der Waals surface area (Å²) in [5.41, 5.74) is 1.34. The number of hydrogen-bond acceptors (Lipinski definition) is 2. The summed E-state index contributed by atoms with van der Waals surface area (Å²) in [6, 6.07) is 8.90. The van der Waals surface area contributed by atoms with Crippen LogP contribution in [0.5, 0.6) is 5.75 Å². The van der Waals surface area contributed by atoms with E-state index in [1.165, 1.54) is 12.0 Å². The lowest BCUT2D eigenvalue weighted by atomic mass is 9.92. The molecule has 2 atom stereocenters. The number of nitrogens with one attached hydrogen (secondary N) is 1. The molecule has 2 heteroatoms. The summed E-state index contributed by atoms with van der Waals surface area (Å²) >= 11 is 0. The van der Waals surface area contributed by atoms with E-state index >= 15 is 0 Å². The minimum Gasteiger partial charge on any atom is -0.493 e. The van der Waals surface area contributed by atoms with Crippen molar-refractivity contribution in [1.82, 2.24) is 5.32 Å². The molecule has 0 saturated carbocycles. The minimum atomic E-state index is 0.546. The van der Waals surface area contributed by atoms with Crippen LogP contribution in [0.1, 0.15) is 18.0 Å². The molecule has 1 saturated heterocycles. The lowest BCUT2D eigenvalue weighted by molar-refractivity contribution is 0.205. The van der Waals surface area contributed by atoms with Gasteiger partial charge in [-0.1, -0.05) is 18.2 Å². The first-order chi connectivity index (χ1) is 6.45. The number of benzene rings is 1. The Morgan fingerprint density at radius 2 is 2.23 bits per heavy atom. The monoisotopic (exact) mass is 175 g/mol. The number of fused-ring (bicyclic) bond motifs is 3. The van der Waals surface area contributed by atoms with Crippen molar-refractivity contribution < 1.29 is 4.74 Å². The van der Waals surface area contributed by atoms with Crippen molar-refractivity contribution >= 4 is 0 Å². The van der Waals surface area contributed by atoms with Gasteiger partial charge in [0.05, 0.1) is 6.61 Å². The first kappa shape index (κ1) is 7.39. The molecular weight excluding hydrogens is 162 g/mol. The summed E-state index contributed by atoms with van der Waals surface area (Å²) in [5.74, 6) is 1.76.